The van der Waals surface area contributed by atoms with E-state index in [2.05, 4.69) is 42.3 Å². The fourth-order valence-corrected chi connectivity index (χ4v) is 2.17. The lowest BCUT2D eigenvalue weighted by Crippen LogP contribution is -2.10. The Labute approximate surface area is 120 Å². The molecule has 0 aliphatic carbocycles. The second-order valence-electron chi connectivity index (χ2n) is 5.35. The van der Waals surface area contributed by atoms with E-state index in [1.165, 1.54) is 11.3 Å². The summed E-state index contributed by atoms with van der Waals surface area (Å²) in [5.41, 5.74) is 4.71. The van der Waals surface area contributed by atoms with Gasteiger partial charge in [-0.05, 0) is 55.3 Å². The number of benzene rings is 2. The molecule has 106 valence electrons. The molecule has 0 fully saturated rings. The van der Waals surface area contributed by atoms with Crippen LogP contribution in [-0.2, 0) is 0 Å². The summed E-state index contributed by atoms with van der Waals surface area (Å²) in [6.07, 6.45) is 0. The van der Waals surface area contributed by atoms with Crippen molar-refractivity contribution in [2.24, 2.45) is 0 Å². The van der Waals surface area contributed by atoms with Crippen LogP contribution in [0, 0.1) is 6.92 Å². The number of anilines is 2. The van der Waals surface area contributed by atoms with Crippen LogP contribution in [0.1, 0.15) is 24.1 Å². The van der Waals surface area contributed by atoms with Crippen LogP contribution in [-0.4, -0.2) is 19.2 Å². The number of phenols is 1. The van der Waals surface area contributed by atoms with Crippen molar-refractivity contribution in [1.82, 2.24) is 0 Å². The van der Waals surface area contributed by atoms with Crippen molar-refractivity contribution >= 4 is 11.4 Å². The van der Waals surface area contributed by atoms with Gasteiger partial charge in [0.25, 0.3) is 0 Å². The average Bonchev–Trinajstić information content (AvgIpc) is 2.41. The van der Waals surface area contributed by atoms with Crippen LogP contribution in [0.5, 0.6) is 5.75 Å². The molecular formula is C17H22N2O. The zero-order valence-electron chi connectivity index (χ0n) is 12.5. The van der Waals surface area contributed by atoms with Crippen LogP contribution in [0.3, 0.4) is 0 Å². The first-order valence-corrected chi connectivity index (χ1v) is 6.81. The van der Waals surface area contributed by atoms with Gasteiger partial charge in [-0.3, -0.25) is 0 Å². The lowest BCUT2D eigenvalue weighted by atomic mass is 10.1. The molecule has 0 aromatic heterocycles. The molecular weight excluding hydrogens is 248 g/mol. The Morgan fingerprint density at radius 2 is 1.70 bits per heavy atom. The van der Waals surface area contributed by atoms with Gasteiger partial charge in [0.2, 0.25) is 0 Å². The number of rotatable bonds is 4. The Balaban J connectivity index is 2.15. The Kier molecular flexibility index (Phi) is 4.18. The van der Waals surface area contributed by atoms with Gasteiger partial charge in [-0.25, -0.2) is 0 Å². The minimum Gasteiger partial charge on any atom is -0.508 e. The van der Waals surface area contributed by atoms with Gasteiger partial charge < -0.3 is 15.3 Å². The molecule has 20 heavy (non-hydrogen) atoms. The molecule has 3 heteroatoms. The van der Waals surface area contributed by atoms with Crippen molar-refractivity contribution in [3.05, 3.63) is 53.6 Å². The van der Waals surface area contributed by atoms with E-state index in [9.17, 15) is 5.11 Å². The first-order valence-electron chi connectivity index (χ1n) is 6.81. The van der Waals surface area contributed by atoms with Gasteiger partial charge in [0.05, 0.1) is 0 Å². The van der Waals surface area contributed by atoms with Crippen LogP contribution in [0.2, 0.25) is 0 Å². The SMILES string of the molecule is Cc1cc(N(C)C)ccc1NC(C)c1ccc(O)cc1. The highest BCUT2D eigenvalue weighted by Crippen LogP contribution is 2.26. The third-order valence-electron chi connectivity index (χ3n) is 3.49. The van der Waals surface area contributed by atoms with Gasteiger partial charge in [0.15, 0.2) is 0 Å². The average molecular weight is 270 g/mol. The molecule has 2 aromatic carbocycles. The topological polar surface area (TPSA) is 35.5 Å². The van der Waals surface area contributed by atoms with Crippen LogP contribution in [0.4, 0.5) is 11.4 Å². The summed E-state index contributed by atoms with van der Waals surface area (Å²) < 4.78 is 0. The maximum Gasteiger partial charge on any atom is 0.115 e. The summed E-state index contributed by atoms with van der Waals surface area (Å²) in [4.78, 5) is 2.10. The lowest BCUT2D eigenvalue weighted by Gasteiger charge is -2.20. The molecule has 0 saturated carbocycles. The second-order valence-corrected chi connectivity index (χ2v) is 5.35. The zero-order chi connectivity index (χ0) is 14.7. The predicted molar refractivity (Wildman–Crippen MR) is 85.7 cm³/mol. The van der Waals surface area contributed by atoms with E-state index in [0.29, 0.717) is 5.75 Å². The number of aromatic hydroxyl groups is 1. The summed E-state index contributed by atoms with van der Waals surface area (Å²) in [5.74, 6) is 0.299. The Hall–Kier alpha value is -2.16. The minimum atomic E-state index is 0.194. The van der Waals surface area contributed by atoms with E-state index in [1.54, 1.807) is 12.1 Å². The van der Waals surface area contributed by atoms with Crippen LogP contribution >= 0.6 is 0 Å². The summed E-state index contributed by atoms with van der Waals surface area (Å²) >= 11 is 0. The quantitative estimate of drug-likeness (QED) is 0.883. The first-order chi connectivity index (χ1) is 9.47. The highest BCUT2D eigenvalue weighted by Gasteiger charge is 2.08. The highest BCUT2D eigenvalue weighted by atomic mass is 16.3. The van der Waals surface area contributed by atoms with E-state index in [-0.39, 0.29) is 6.04 Å². The van der Waals surface area contributed by atoms with E-state index in [0.717, 1.165) is 11.3 Å². The van der Waals surface area contributed by atoms with Crippen molar-refractivity contribution in [3.8, 4) is 5.75 Å². The number of nitrogens with one attached hydrogen (secondary N) is 1. The monoisotopic (exact) mass is 270 g/mol. The number of hydrogen-bond acceptors (Lipinski definition) is 3. The molecule has 0 bridgehead atoms. The Bertz CT molecular complexity index is 576. The third kappa shape index (κ3) is 3.23. The van der Waals surface area contributed by atoms with Gasteiger partial charge in [0, 0.05) is 31.5 Å². The molecule has 2 rings (SSSR count). The second kappa shape index (κ2) is 5.87. The van der Waals surface area contributed by atoms with E-state index >= 15 is 0 Å². The number of hydrogen-bond donors (Lipinski definition) is 2. The molecule has 3 nitrogen and oxygen atoms in total. The molecule has 0 aliphatic rings. The van der Waals surface area contributed by atoms with Gasteiger partial charge >= 0.3 is 0 Å². The van der Waals surface area contributed by atoms with Gasteiger partial charge in [0.1, 0.15) is 5.75 Å². The summed E-state index contributed by atoms with van der Waals surface area (Å²) in [5, 5.41) is 12.8. The van der Waals surface area contributed by atoms with Crippen LogP contribution in [0.25, 0.3) is 0 Å². The number of aryl methyl sites for hydroxylation is 1. The molecule has 0 radical (unpaired) electrons. The van der Waals surface area contributed by atoms with Crippen molar-refractivity contribution in [2.75, 3.05) is 24.3 Å². The molecule has 0 spiro atoms. The lowest BCUT2D eigenvalue weighted by molar-refractivity contribution is 0.475. The number of nitrogens with zero attached hydrogens (tertiary/aromatic N) is 1. The smallest absolute Gasteiger partial charge is 0.115 e. The van der Waals surface area contributed by atoms with Crippen LogP contribution < -0.4 is 10.2 Å². The molecule has 0 amide bonds. The van der Waals surface area contributed by atoms with Crippen molar-refractivity contribution in [1.29, 1.82) is 0 Å². The summed E-state index contributed by atoms with van der Waals surface area (Å²) in [6.45, 7) is 4.23. The minimum absolute atomic E-state index is 0.194. The van der Waals surface area contributed by atoms with Crippen molar-refractivity contribution in [2.45, 2.75) is 19.9 Å². The fourth-order valence-electron chi connectivity index (χ4n) is 2.17. The van der Waals surface area contributed by atoms with Crippen molar-refractivity contribution in [3.63, 3.8) is 0 Å². The Morgan fingerprint density at radius 1 is 1.05 bits per heavy atom. The zero-order valence-corrected chi connectivity index (χ0v) is 12.5. The van der Waals surface area contributed by atoms with Crippen LogP contribution in [0.15, 0.2) is 42.5 Å². The normalized spacial score (nSPS) is 12.0. The highest BCUT2D eigenvalue weighted by molar-refractivity contribution is 5.60. The molecule has 1 atom stereocenters. The maximum atomic E-state index is 9.33. The molecule has 2 aromatic rings. The first kappa shape index (κ1) is 14.3. The largest absolute Gasteiger partial charge is 0.508 e. The van der Waals surface area contributed by atoms with E-state index in [1.807, 2.05) is 26.2 Å². The molecule has 0 heterocycles. The van der Waals surface area contributed by atoms with Crippen molar-refractivity contribution < 1.29 is 5.11 Å². The van der Waals surface area contributed by atoms with Gasteiger partial charge in [-0.15, -0.1) is 0 Å². The predicted octanol–water partition coefficient (Wildman–Crippen LogP) is 3.94. The van der Waals surface area contributed by atoms with Gasteiger partial charge in [-0.2, -0.15) is 0 Å². The number of phenolic OH excluding ortho intramolecular Hbond substituents is 1. The third-order valence-corrected chi connectivity index (χ3v) is 3.49. The van der Waals surface area contributed by atoms with E-state index in [4.69, 9.17) is 0 Å². The molecule has 0 saturated heterocycles. The summed E-state index contributed by atoms with van der Waals surface area (Å²) in [6, 6.07) is 13.9. The Morgan fingerprint density at radius 3 is 2.25 bits per heavy atom. The standard InChI is InChI=1S/C17H22N2O/c1-12-11-15(19(3)4)7-10-17(12)18-13(2)14-5-8-16(20)9-6-14/h5-11,13,18,20H,1-4H3. The molecule has 1 unspecified atom stereocenters. The fraction of sp³-hybridized carbons (Fsp3) is 0.294. The van der Waals surface area contributed by atoms with Gasteiger partial charge in [-0.1, -0.05) is 12.1 Å². The maximum absolute atomic E-state index is 9.33. The molecule has 0 aliphatic heterocycles. The van der Waals surface area contributed by atoms with E-state index < -0.39 is 0 Å². The molecule has 2 N–H and O–H groups in total. The summed E-state index contributed by atoms with van der Waals surface area (Å²) in [7, 11) is 4.09.